The molecule has 0 saturated carbocycles. The fraction of sp³-hybridized carbons (Fsp3) is 0.190. The molecule has 0 saturated heterocycles. The van der Waals surface area contributed by atoms with Crippen molar-refractivity contribution >= 4 is 22.9 Å². The molecule has 4 rings (SSSR count). The molecule has 1 amide bonds. The maximum atomic E-state index is 12.4. The lowest BCUT2D eigenvalue weighted by Crippen LogP contribution is -2.10. The largest absolute Gasteiger partial charge is 0.461 e. The van der Waals surface area contributed by atoms with Crippen LogP contribution in [0.3, 0.4) is 0 Å². The van der Waals surface area contributed by atoms with Crippen LogP contribution in [0.25, 0.3) is 17.3 Å². The minimum Gasteiger partial charge on any atom is -0.461 e. The highest BCUT2D eigenvalue weighted by Gasteiger charge is 2.17. The number of carbonyl (C=O) groups is 1. The van der Waals surface area contributed by atoms with Crippen LogP contribution in [0.15, 0.2) is 64.6 Å². The number of thiophene rings is 1. The Kier molecular flexibility index (Phi) is 6.21. The number of anilines is 1. The molecule has 0 radical (unpaired) electrons. The van der Waals surface area contributed by atoms with Gasteiger partial charge in [0.2, 0.25) is 5.82 Å². The first-order chi connectivity index (χ1) is 14.7. The summed E-state index contributed by atoms with van der Waals surface area (Å²) in [7, 11) is 0. The average molecular weight is 424 g/mol. The first-order valence-corrected chi connectivity index (χ1v) is 10.3. The molecule has 3 aromatic heterocycles. The number of benzene rings is 1. The molecule has 154 valence electrons. The van der Waals surface area contributed by atoms with Crippen molar-refractivity contribution in [3.05, 3.63) is 65.1 Å². The fourth-order valence-electron chi connectivity index (χ4n) is 2.75. The van der Waals surface area contributed by atoms with E-state index in [9.17, 15) is 4.79 Å². The van der Waals surface area contributed by atoms with E-state index in [0.717, 1.165) is 0 Å². The first-order valence-electron chi connectivity index (χ1n) is 9.41. The van der Waals surface area contributed by atoms with Gasteiger partial charge in [-0.05, 0) is 48.7 Å². The summed E-state index contributed by atoms with van der Waals surface area (Å²) in [4.78, 5) is 17.5. The summed E-state index contributed by atoms with van der Waals surface area (Å²) in [6.07, 6.45) is 1.57. The Morgan fingerprint density at radius 1 is 1.20 bits per heavy atom. The van der Waals surface area contributed by atoms with E-state index < -0.39 is 0 Å². The van der Waals surface area contributed by atoms with Crippen LogP contribution in [0.5, 0.6) is 6.01 Å². The van der Waals surface area contributed by atoms with Gasteiger partial charge in [-0.25, -0.2) is 4.68 Å². The van der Waals surface area contributed by atoms with Gasteiger partial charge in [-0.1, -0.05) is 12.1 Å². The van der Waals surface area contributed by atoms with Gasteiger partial charge >= 0.3 is 6.01 Å². The van der Waals surface area contributed by atoms with Crippen LogP contribution in [-0.4, -0.2) is 40.5 Å². The van der Waals surface area contributed by atoms with E-state index in [1.54, 1.807) is 29.1 Å². The molecule has 3 heterocycles. The van der Waals surface area contributed by atoms with Crippen molar-refractivity contribution < 1.29 is 18.7 Å². The van der Waals surface area contributed by atoms with Crippen LogP contribution >= 0.6 is 11.3 Å². The Labute approximate surface area is 177 Å². The van der Waals surface area contributed by atoms with E-state index in [1.807, 2.05) is 42.6 Å². The zero-order chi connectivity index (χ0) is 20.8. The maximum absolute atomic E-state index is 12.4. The van der Waals surface area contributed by atoms with Crippen molar-refractivity contribution in [2.24, 2.45) is 0 Å². The van der Waals surface area contributed by atoms with Crippen molar-refractivity contribution in [1.82, 2.24) is 14.8 Å². The SMILES string of the molecule is CCOCCOc1nc(-c2ccco2)n(-c2cccc(NC(=O)c3cccs3)c2)n1. The predicted octanol–water partition coefficient (Wildman–Crippen LogP) is 4.26. The molecule has 0 aliphatic rings. The molecule has 9 heteroatoms. The van der Waals surface area contributed by atoms with Crippen LogP contribution in [-0.2, 0) is 4.74 Å². The molecule has 4 aromatic rings. The zero-order valence-electron chi connectivity index (χ0n) is 16.3. The molecule has 0 atom stereocenters. The Balaban J connectivity index is 1.60. The standard InChI is InChI=1S/C21H20N4O4S/c1-2-27-11-12-29-21-23-19(17-8-4-10-28-17)25(24-21)16-7-3-6-15(14-16)22-20(26)18-9-5-13-30-18/h3-10,13-14H,2,11-12H2,1H3,(H,22,26). The van der Waals surface area contributed by atoms with Gasteiger partial charge in [-0.3, -0.25) is 4.79 Å². The van der Waals surface area contributed by atoms with E-state index >= 15 is 0 Å². The van der Waals surface area contributed by atoms with E-state index in [4.69, 9.17) is 13.9 Å². The van der Waals surface area contributed by atoms with Crippen LogP contribution in [0.4, 0.5) is 5.69 Å². The number of amides is 1. The van der Waals surface area contributed by atoms with E-state index in [1.165, 1.54) is 11.3 Å². The molecule has 0 bridgehead atoms. The van der Waals surface area contributed by atoms with Crippen LogP contribution < -0.4 is 10.1 Å². The highest BCUT2D eigenvalue weighted by Crippen LogP contribution is 2.25. The molecule has 0 spiro atoms. The third-order valence-corrected chi connectivity index (χ3v) is 4.95. The Morgan fingerprint density at radius 2 is 2.13 bits per heavy atom. The minimum absolute atomic E-state index is 0.160. The summed E-state index contributed by atoms with van der Waals surface area (Å²) in [6, 6.07) is 14.8. The molecular formula is C21H20N4O4S. The second-order valence-electron chi connectivity index (χ2n) is 6.13. The quantitative estimate of drug-likeness (QED) is 0.404. The summed E-state index contributed by atoms with van der Waals surface area (Å²) >= 11 is 1.39. The predicted molar refractivity (Wildman–Crippen MR) is 113 cm³/mol. The van der Waals surface area contributed by atoms with Crippen molar-refractivity contribution in [2.75, 3.05) is 25.1 Å². The number of carbonyl (C=O) groups excluding carboxylic acids is 1. The molecule has 0 aliphatic heterocycles. The fourth-order valence-corrected chi connectivity index (χ4v) is 3.37. The van der Waals surface area contributed by atoms with Gasteiger partial charge in [0.05, 0.1) is 23.4 Å². The smallest absolute Gasteiger partial charge is 0.336 e. The van der Waals surface area contributed by atoms with Gasteiger partial charge in [0.1, 0.15) is 6.61 Å². The molecule has 1 aromatic carbocycles. The van der Waals surface area contributed by atoms with Gasteiger partial charge in [-0.15, -0.1) is 16.4 Å². The zero-order valence-corrected chi connectivity index (χ0v) is 17.1. The van der Waals surface area contributed by atoms with Gasteiger partial charge < -0.3 is 19.2 Å². The summed E-state index contributed by atoms with van der Waals surface area (Å²) < 4.78 is 18.0. The minimum atomic E-state index is -0.160. The van der Waals surface area contributed by atoms with Gasteiger partial charge in [0.25, 0.3) is 5.91 Å². The maximum Gasteiger partial charge on any atom is 0.336 e. The van der Waals surface area contributed by atoms with E-state index in [2.05, 4.69) is 15.4 Å². The molecule has 0 unspecified atom stereocenters. The van der Waals surface area contributed by atoms with Crippen molar-refractivity contribution in [3.63, 3.8) is 0 Å². The number of hydrogen-bond donors (Lipinski definition) is 1. The van der Waals surface area contributed by atoms with E-state index in [-0.39, 0.29) is 11.9 Å². The third-order valence-electron chi connectivity index (χ3n) is 4.09. The van der Waals surface area contributed by atoms with Crippen molar-refractivity contribution in [3.8, 4) is 23.3 Å². The Hall–Kier alpha value is -3.43. The molecule has 1 N–H and O–H groups in total. The van der Waals surface area contributed by atoms with Crippen LogP contribution in [0.2, 0.25) is 0 Å². The average Bonchev–Trinajstić information content (AvgIpc) is 3.53. The van der Waals surface area contributed by atoms with Crippen molar-refractivity contribution in [2.45, 2.75) is 6.92 Å². The summed E-state index contributed by atoms with van der Waals surface area (Å²) in [5.74, 6) is 0.885. The molecular weight excluding hydrogens is 404 g/mol. The van der Waals surface area contributed by atoms with Gasteiger partial charge in [-0.2, -0.15) is 4.98 Å². The number of ether oxygens (including phenoxy) is 2. The van der Waals surface area contributed by atoms with Crippen molar-refractivity contribution in [1.29, 1.82) is 0 Å². The van der Waals surface area contributed by atoms with Gasteiger partial charge in [0.15, 0.2) is 5.76 Å². The lowest BCUT2D eigenvalue weighted by atomic mass is 10.2. The van der Waals surface area contributed by atoms with E-state index in [0.29, 0.717) is 47.7 Å². The monoisotopic (exact) mass is 424 g/mol. The van der Waals surface area contributed by atoms with Gasteiger partial charge in [0, 0.05) is 12.3 Å². The Morgan fingerprint density at radius 3 is 2.90 bits per heavy atom. The number of aromatic nitrogens is 3. The lowest BCUT2D eigenvalue weighted by molar-refractivity contribution is 0.103. The number of rotatable bonds is 9. The second-order valence-corrected chi connectivity index (χ2v) is 7.08. The number of nitrogens with zero attached hydrogens (tertiary/aromatic N) is 3. The summed E-state index contributed by atoms with van der Waals surface area (Å²) in [5, 5.41) is 9.23. The third kappa shape index (κ3) is 4.58. The molecule has 0 fully saturated rings. The number of nitrogens with one attached hydrogen (secondary N) is 1. The number of furan rings is 1. The Bertz CT molecular complexity index is 1090. The highest BCUT2D eigenvalue weighted by atomic mass is 32.1. The highest BCUT2D eigenvalue weighted by molar-refractivity contribution is 7.12. The molecule has 0 aliphatic carbocycles. The topological polar surface area (TPSA) is 91.4 Å². The molecule has 8 nitrogen and oxygen atoms in total. The normalized spacial score (nSPS) is 10.8. The molecule has 30 heavy (non-hydrogen) atoms. The lowest BCUT2D eigenvalue weighted by Gasteiger charge is -2.08. The number of hydrogen-bond acceptors (Lipinski definition) is 7. The second kappa shape index (κ2) is 9.38. The first kappa shape index (κ1) is 19.9. The van der Waals surface area contributed by atoms with Crippen LogP contribution in [0, 0.1) is 0 Å². The summed E-state index contributed by atoms with van der Waals surface area (Å²) in [5.41, 5.74) is 1.35. The van der Waals surface area contributed by atoms with Crippen LogP contribution in [0.1, 0.15) is 16.6 Å². The summed E-state index contributed by atoms with van der Waals surface area (Å²) in [6.45, 7) is 3.33.